The summed E-state index contributed by atoms with van der Waals surface area (Å²) in [6.45, 7) is 5.50. The van der Waals surface area contributed by atoms with E-state index in [9.17, 15) is 0 Å². The van der Waals surface area contributed by atoms with Gasteiger partial charge in [-0.3, -0.25) is 0 Å². The number of aryl methyl sites for hydroxylation is 1. The molecule has 1 aliphatic rings. The van der Waals surface area contributed by atoms with Gasteiger partial charge in [0.1, 0.15) is 0 Å². The molecule has 1 heteroatoms. The molecule has 1 nitrogen and oxygen atoms in total. The van der Waals surface area contributed by atoms with Crippen LogP contribution in [0.4, 0.5) is 0 Å². The van der Waals surface area contributed by atoms with Gasteiger partial charge in [0.15, 0.2) is 0 Å². The molecule has 1 aromatic rings. The predicted molar refractivity (Wildman–Crippen MR) is 64.8 cm³/mol. The lowest BCUT2D eigenvalue weighted by Gasteiger charge is -2.16. The molecule has 1 atom stereocenters. The largest absolute Gasteiger partial charge is 0.310 e. The first kappa shape index (κ1) is 10.7. The molecule has 0 saturated heterocycles. The topological polar surface area (TPSA) is 12.0 Å². The first-order chi connectivity index (χ1) is 7.31. The van der Waals surface area contributed by atoms with Crippen molar-refractivity contribution in [3.8, 4) is 0 Å². The molecule has 0 aromatic heterocycles. The summed E-state index contributed by atoms with van der Waals surface area (Å²) >= 11 is 0. The summed E-state index contributed by atoms with van der Waals surface area (Å²) < 4.78 is 0. The first-order valence-corrected chi connectivity index (χ1v) is 6.09. The van der Waals surface area contributed by atoms with E-state index in [-0.39, 0.29) is 0 Å². The van der Waals surface area contributed by atoms with Gasteiger partial charge < -0.3 is 5.32 Å². The summed E-state index contributed by atoms with van der Waals surface area (Å²) in [6, 6.07) is 9.39. The molecule has 1 aromatic carbocycles. The van der Waals surface area contributed by atoms with Crippen molar-refractivity contribution >= 4 is 0 Å². The lowest BCUT2D eigenvalue weighted by Crippen LogP contribution is -2.30. The summed E-state index contributed by atoms with van der Waals surface area (Å²) in [5, 5.41) is 3.69. The standard InChI is InChI=1S/C14H21N/c1-3-14(12-8-9-12)15-10-13-7-5-4-6-11(13)2/h4-7,12,14-15H,3,8-10H2,1-2H3. The highest BCUT2D eigenvalue weighted by Crippen LogP contribution is 2.34. The van der Waals surface area contributed by atoms with Gasteiger partial charge in [-0.05, 0) is 43.2 Å². The average molecular weight is 203 g/mol. The Morgan fingerprint density at radius 3 is 2.67 bits per heavy atom. The van der Waals surface area contributed by atoms with Gasteiger partial charge in [-0.2, -0.15) is 0 Å². The molecule has 0 aliphatic heterocycles. The summed E-state index contributed by atoms with van der Waals surface area (Å²) in [4.78, 5) is 0. The molecule has 0 spiro atoms. The fraction of sp³-hybridized carbons (Fsp3) is 0.571. The van der Waals surface area contributed by atoms with Crippen molar-refractivity contribution in [3.63, 3.8) is 0 Å². The fourth-order valence-electron chi connectivity index (χ4n) is 2.19. The third-order valence-electron chi connectivity index (χ3n) is 3.45. The van der Waals surface area contributed by atoms with Gasteiger partial charge in [0, 0.05) is 12.6 Å². The molecule has 1 fully saturated rings. The predicted octanol–water partition coefficient (Wildman–Crippen LogP) is 3.27. The van der Waals surface area contributed by atoms with E-state index < -0.39 is 0 Å². The summed E-state index contributed by atoms with van der Waals surface area (Å²) in [6.07, 6.45) is 4.12. The minimum atomic E-state index is 0.740. The maximum atomic E-state index is 3.69. The van der Waals surface area contributed by atoms with Gasteiger partial charge in [0.2, 0.25) is 0 Å². The van der Waals surface area contributed by atoms with Crippen LogP contribution in [0, 0.1) is 12.8 Å². The number of nitrogens with one attached hydrogen (secondary N) is 1. The lowest BCUT2D eigenvalue weighted by molar-refractivity contribution is 0.448. The Balaban J connectivity index is 1.89. The maximum Gasteiger partial charge on any atom is 0.0210 e. The minimum absolute atomic E-state index is 0.740. The second kappa shape index (κ2) is 4.80. The van der Waals surface area contributed by atoms with Gasteiger partial charge in [0.05, 0.1) is 0 Å². The lowest BCUT2D eigenvalue weighted by atomic mass is 10.1. The quantitative estimate of drug-likeness (QED) is 0.774. The normalized spacial score (nSPS) is 17.7. The maximum absolute atomic E-state index is 3.69. The molecule has 0 radical (unpaired) electrons. The summed E-state index contributed by atoms with van der Waals surface area (Å²) in [5.41, 5.74) is 2.84. The molecule has 15 heavy (non-hydrogen) atoms. The van der Waals surface area contributed by atoms with E-state index >= 15 is 0 Å². The third-order valence-corrected chi connectivity index (χ3v) is 3.45. The van der Waals surface area contributed by atoms with E-state index in [0.717, 1.165) is 18.5 Å². The Morgan fingerprint density at radius 1 is 1.33 bits per heavy atom. The van der Waals surface area contributed by atoms with Crippen molar-refractivity contribution in [2.45, 2.75) is 45.7 Å². The van der Waals surface area contributed by atoms with E-state index in [0.29, 0.717) is 0 Å². The Bertz CT molecular complexity index is 315. The zero-order chi connectivity index (χ0) is 10.7. The molecule has 0 amide bonds. The second-order valence-corrected chi connectivity index (χ2v) is 4.66. The molecule has 2 rings (SSSR count). The van der Waals surface area contributed by atoms with Crippen LogP contribution in [0.5, 0.6) is 0 Å². The van der Waals surface area contributed by atoms with Gasteiger partial charge in [-0.15, -0.1) is 0 Å². The smallest absolute Gasteiger partial charge is 0.0210 e. The molecule has 1 unspecified atom stereocenters. The number of benzene rings is 1. The third kappa shape index (κ3) is 2.82. The monoisotopic (exact) mass is 203 g/mol. The van der Waals surface area contributed by atoms with Crippen LogP contribution in [0.15, 0.2) is 24.3 Å². The minimum Gasteiger partial charge on any atom is -0.310 e. The van der Waals surface area contributed by atoms with E-state index in [1.165, 1.54) is 30.4 Å². The summed E-state index contributed by atoms with van der Waals surface area (Å²) in [5.74, 6) is 0.957. The van der Waals surface area contributed by atoms with Crippen molar-refractivity contribution < 1.29 is 0 Å². The number of hydrogen-bond donors (Lipinski definition) is 1. The number of hydrogen-bond acceptors (Lipinski definition) is 1. The van der Waals surface area contributed by atoms with Gasteiger partial charge in [-0.25, -0.2) is 0 Å². The second-order valence-electron chi connectivity index (χ2n) is 4.66. The molecule has 1 N–H and O–H groups in total. The van der Waals surface area contributed by atoms with Gasteiger partial charge >= 0.3 is 0 Å². The molecule has 0 heterocycles. The van der Waals surface area contributed by atoms with Crippen LogP contribution in [0.25, 0.3) is 0 Å². The van der Waals surface area contributed by atoms with Crippen LogP contribution < -0.4 is 5.32 Å². The molecule has 0 bridgehead atoms. The van der Waals surface area contributed by atoms with Crippen LogP contribution in [0.3, 0.4) is 0 Å². The SMILES string of the molecule is CCC(NCc1ccccc1C)C1CC1. The molecule has 1 aliphatic carbocycles. The van der Waals surface area contributed by atoms with Gasteiger partial charge in [0.25, 0.3) is 0 Å². The van der Waals surface area contributed by atoms with Crippen LogP contribution in [-0.2, 0) is 6.54 Å². The highest BCUT2D eigenvalue weighted by atomic mass is 14.9. The Hall–Kier alpha value is -0.820. The highest BCUT2D eigenvalue weighted by Gasteiger charge is 2.29. The molecular formula is C14H21N. The zero-order valence-electron chi connectivity index (χ0n) is 9.79. The van der Waals surface area contributed by atoms with Gasteiger partial charge in [-0.1, -0.05) is 31.2 Å². The Labute approximate surface area is 92.9 Å². The average Bonchev–Trinajstić information content (AvgIpc) is 3.06. The van der Waals surface area contributed by atoms with E-state index in [1.54, 1.807) is 0 Å². The van der Waals surface area contributed by atoms with Crippen molar-refractivity contribution in [1.82, 2.24) is 5.32 Å². The fourth-order valence-corrected chi connectivity index (χ4v) is 2.19. The Kier molecular flexibility index (Phi) is 3.42. The molecule has 82 valence electrons. The highest BCUT2D eigenvalue weighted by molar-refractivity contribution is 5.25. The van der Waals surface area contributed by atoms with Crippen molar-refractivity contribution in [3.05, 3.63) is 35.4 Å². The van der Waals surface area contributed by atoms with Crippen molar-refractivity contribution in [1.29, 1.82) is 0 Å². The molecular weight excluding hydrogens is 182 g/mol. The first-order valence-electron chi connectivity index (χ1n) is 6.09. The van der Waals surface area contributed by atoms with E-state index in [1.807, 2.05) is 0 Å². The van der Waals surface area contributed by atoms with E-state index in [4.69, 9.17) is 0 Å². The Morgan fingerprint density at radius 2 is 2.07 bits per heavy atom. The number of rotatable bonds is 5. The van der Waals surface area contributed by atoms with Crippen LogP contribution in [0.1, 0.15) is 37.3 Å². The zero-order valence-corrected chi connectivity index (χ0v) is 9.79. The van der Waals surface area contributed by atoms with Crippen LogP contribution in [-0.4, -0.2) is 6.04 Å². The van der Waals surface area contributed by atoms with E-state index in [2.05, 4.69) is 43.4 Å². The van der Waals surface area contributed by atoms with Crippen molar-refractivity contribution in [2.75, 3.05) is 0 Å². The summed E-state index contributed by atoms with van der Waals surface area (Å²) in [7, 11) is 0. The van der Waals surface area contributed by atoms with Crippen LogP contribution in [0.2, 0.25) is 0 Å². The molecule has 1 saturated carbocycles. The van der Waals surface area contributed by atoms with Crippen LogP contribution >= 0.6 is 0 Å². The van der Waals surface area contributed by atoms with Crippen molar-refractivity contribution in [2.24, 2.45) is 5.92 Å².